The fourth-order valence-corrected chi connectivity index (χ4v) is 4.87. The van der Waals surface area contributed by atoms with Crippen LogP contribution in [-0.4, -0.2) is 30.9 Å². The number of anilines is 3. The molecule has 0 saturated heterocycles. The summed E-state index contributed by atoms with van der Waals surface area (Å²) in [5.41, 5.74) is 8.36. The molecule has 3 N–H and O–H groups in total. The lowest BCUT2D eigenvalue weighted by molar-refractivity contribution is 0.253. The van der Waals surface area contributed by atoms with Crippen LogP contribution in [0.25, 0.3) is 22.0 Å². The third-order valence-electron chi connectivity index (χ3n) is 7.16. The van der Waals surface area contributed by atoms with E-state index in [0.29, 0.717) is 5.41 Å². The average molecular weight is 406 g/mol. The Balaban J connectivity index is 1.89. The van der Waals surface area contributed by atoms with Crippen LogP contribution in [0, 0.1) is 11.3 Å². The Bertz CT molecular complexity index is 1040. The van der Waals surface area contributed by atoms with E-state index in [9.17, 15) is 0 Å². The van der Waals surface area contributed by atoms with Crippen LogP contribution in [0.1, 0.15) is 38.8 Å². The molecule has 0 bridgehead atoms. The van der Waals surface area contributed by atoms with Gasteiger partial charge in [0.2, 0.25) is 0 Å². The highest BCUT2D eigenvalue weighted by molar-refractivity contribution is 6.03. The van der Waals surface area contributed by atoms with Gasteiger partial charge in [-0.05, 0) is 42.7 Å². The molecule has 30 heavy (non-hydrogen) atoms. The summed E-state index contributed by atoms with van der Waals surface area (Å²) in [6.45, 7) is 4.80. The van der Waals surface area contributed by atoms with Gasteiger partial charge in [0.25, 0.3) is 0 Å². The molecule has 4 rings (SSSR count). The van der Waals surface area contributed by atoms with Crippen molar-refractivity contribution < 1.29 is 0 Å². The molecule has 0 radical (unpaired) electrons. The van der Waals surface area contributed by atoms with Gasteiger partial charge in [-0.25, -0.2) is 0 Å². The number of hydrogen-bond donors (Lipinski definition) is 3. The van der Waals surface area contributed by atoms with Gasteiger partial charge in [0, 0.05) is 67.5 Å². The largest absolute Gasteiger partial charge is 0.388 e. The molecule has 1 heterocycles. The van der Waals surface area contributed by atoms with Crippen LogP contribution < -0.4 is 16.0 Å². The van der Waals surface area contributed by atoms with Crippen LogP contribution in [-0.2, 0) is 13.5 Å². The summed E-state index contributed by atoms with van der Waals surface area (Å²) in [6, 6.07) is 10.9. The third kappa shape index (κ3) is 3.40. The average Bonchev–Trinajstić information content (AvgIpc) is 3.58. The van der Waals surface area contributed by atoms with Crippen molar-refractivity contribution in [3.63, 3.8) is 0 Å². The number of aromatic nitrogens is 2. The van der Waals surface area contributed by atoms with Crippen LogP contribution in [0.4, 0.5) is 17.1 Å². The van der Waals surface area contributed by atoms with Gasteiger partial charge in [-0.2, -0.15) is 5.10 Å². The minimum absolute atomic E-state index is 0.359. The van der Waals surface area contributed by atoms with Crippen molar-refractivity contribution in [3.05, 3.63) is 36.0 Å². The summed E-state index contributed by atoms with van der Waals surface area (Å²) >= 11 is 0. The molecule has 2 aromatic carbocycles. The molecule has 1 aromatic heterocycles. The van der Waals surface area contributed by atoms with Crippen molar-refractivity contribution >= 4 is 28.0 Å². The van der Waals surface area contributed by atoms with Gasteiger partial charge in [0.15, 0.2) is 0 Å². The number of fused-ring (bicyclic) bond motifs is 1. The Morgan fingerprint density at radius 2 is 1.73 bits per heavy atom. The molecular formula is C25H35N5. The van der Waals surface area contributed by atoms with E-state index in [1.807, 2.05) is 21.1 Å². The molecule has 3 aromatic rings. The van der Waals surface area contributed by atoms with Crippen molar-refractivity contribution in [3.8, 4) is 11.1 Å². The zero-order valence-corrected chi connectivity index (χ0v) is 19.2. The highest BCUT2D eigenvalue weighted by atomic mass is 15.3. The summed E-state index contributed by atoms with van der Waals surface area (Å²) in [5.74, 6) is 0.858. The summed E-state index contributed by atoms with van der Waals surface area (Å²) in [5, 5.41) is 16.3. The molecule has 0 amide bonds. The lowest BCUT2D eigenvalue weighted by atomic mass is 9.77. The maximum absolute atomic E-state index is 5.03. The molecule has 5 heteroatoms. The predicted octanol–water partition coefficient (Wildman–Crippen LogP) is 5.73. The SMILES string of the molecule is CCC(C)(Cc1c2cccc(-c3c(NC)cc(NC)cc3NC)c2nn1C)C1CC1. The van der Waals surface area contributed by atoms with E-state index < -0.39 is 0 Å². The molecule has 0 aliphatic heterocycles. The first-order chi connectivity index (χ1) is 14.5. The zero-order valence-electron chi connectivity index (χ0n) is 19.2. The number of nitrogens with zero attached hydrogens (tertiary/aromatic N) is 2. The van der Waals surface area contributed by atoms with Gasteiger partial charge in [0.05, 0.1) is 0 Å². The number of rotatable bonds is 8. The highest BCUT2D eigenvalue weighted by Crippen LogP contribution is 2.50. The zero-order chi connectivity index (χ0) is 21.5. The minimum Gasteiger partial charge on any atom is -0.388 e. The highest BCUT2D eigenvalue weighted by Gasteiger charge is 2.41. The van der Waals surface area contributed by atoms with E-state index in [1.54, 1.807) is 0 Å². The third-order valence-corrected chi connectivity index (χ3v) is 7.16. The standard InChI is InChI=1S/C25H35N5/c1-7-25(2,16-11-12-16)15-22-18-9-8-10-19(24(18)29-30(22)6)23-20(27-4)13-17(26-3)14-21(23)28-5/h8-10,13-14,16,26-28H,7,11-12,15H2,1-6H3. The predicted molar refractivity (Wildman–Crippen MR) is 130 cm³/mol. The van der Waals surface area contributed by atoms with Crippen LogP contribution in [0.5, 0.6) is 0 Å². The maximum atomic E-state index is 5.03. The maximum Gasteiger partial charge on any atom is 0.101 e. The Morgan fingerprint density at radius 3 is 2.27 bits per heavy atom. The molecule has 160 valence electrons. The summed E-state index contributed by atoms with van der Waals surface area (Å²) in [4.78, 5) is 0. The quantitative estimate of drug-likeness (QED) is 0.448. The number of benzene rings is 2. The molecular weight excluding hydrogens is 370 g/mol. The second-order valence-corrected chi connectivity index (χ2v) is 8.93. The fourth-order valence-electron chi connectivity index (χ4n) is 4.87. The fraction of sp³-hybridized carbons (Fsp3) is 0.480. The molecule has 1 fully saturated rings. The topological polar surface area (TPSA) is 53.9 Å². The molecule has 1 saturated carbocycles. The van der Waals surface area contributed by atoms with E-state index in [0.717, 1.165) is 46.0 Å². The summed E-state index contributed by atoms with van der Waals surface area (Å²) in [6.07, 6.45) is 5.05. The second kappa shape index (κ2) is 7.86. The van der Waals surface area contributed by atoms with Gasteiger partial charge in [-0.3, -0.25) is 4.68 Å². The monoisotopic (exact) mass is 405 g/mol. The number of nitrogens with one attached hydrogen (secondary N) is 3. The Hall–Kier alpha value is -2.69. The van der Waals surface area contributed by atoms with Gasteiger partial charge >= 0.3 is 0 Å². The molecule has 1 aliphatic carbocycles. The van der Waals surface area contributed by atoms with E-state index in [-0.39, 0.29) is 0 Å². The van der Waals surface area contributed by atoms with E-state index >= 15 is 0 Å². The van der Waals surface area contributed by atoms with Crippen molar-refractivity contribution in [2.45, 2.75) is 39.5 Å². The van der Waals surface area contributed by atoms with Crippen LogP contribution in [0.3, 0.4) is 0 Å². The summed E-state index contributed by atoms with van der Waals surface area (Å²) in [7, 11) is 8.00. The molecule has 1 atom stereocenters. The Kier molecular flexibility index (Phi) is 5.39. The van der Waals surface area contributed by atoms with E-state index in [2.05, 4.69) is 71.9 Å². The number of hydrogen-bond acceptors (Lipinski definition) is 4. The van der Waals surface area contributed by atoms with Gasteiger partial charge in [-0.1, -0.05) is 38.5 Å². The Morgan fingerprint density at radius 1 is 1.07 bits per heavy atom. The van der Waals surface area contributed by atoms with Crippen molar-refractivity contribution in [1.82, 2.24) is 9.78 Å². The summed E-state index contributed by atoms with van der Waals surface area (Å²) < 4.78 is 2.12. The molecule has 0 spiro atoms. The normalized spacial score (nSPS) is 15.8. The van der Waals surface area contributed by atoms with Gasteiger partial charge in [0.1, 0.15) is 5.52 Å². The van der Waals surface area contributed by atoms with Crippen molar-refractivity contribution in [2.24, 2.45) is 18.4 Å². The Labute approximate surface area is 180 Å². The van der Waals surface area contributed by atoms with Crippen molar-refractivity contribution in [1.29, 1.82) is 0 Å². The van der Waals surface area contributed by atoms with E-state index in [1.165, 1.54) is 30.3 Å². The minimum atomic E-state index is 0.359. The van der Waals surface area contributed by atoms with E-state index in [4.69, 9.17) is 5.10 Å². The number of aryl methyl sites for hydroxylation is 1. The smallest absolute Gasteiger partial charge is 0.101 e. The first kappa shape index (κ1) is 20.6. The van der Waals surface area contributed by atoms with Gasteiger partial charge in [-0.15, -0.1) is 0 Å². The lowest BCUT2D eigenvalue weighted by Gasteiger charge is -2.28. The molecule has 5 nitrogen and oxygen atoms in total. The first-order valence-electron chi connectivity index (χ1n) is 11.1. The van der Waals surface area contributed by atoms with Crippen LogP contribution in [0.2, 0.25) is 0 Å². The van der Waals surface area contributed by atoms with Crippen LogP contribution in [0.15, 0.2) is 30.3 Å². The molecule has 1 unspecified atom stereocenters. The second-order valence-electron chi connectivity index (χ2n) is 8.93. The molecule has 1 aliphatic rings. The van der Waals surface area contributed by atoms with Gasteiger partial charge < -0.3 is 16.0 Å². The van der Waals surface area contributed by atoms with Crippen molar-refractivity contribution in [2.75, 3.05) is 37.1 Å². The lowest BCUT2D eigenvalue weighted by Crippen LogP contribution is -2.22. The van der Waals surface area contributed by atoms with Crippen LogP contribution >= 0.6 is 0 Å². The first-order valence-corrected chi connectivity index (χ1v) is 11.1.